The molecule has 2 atom stereocenters. The van der Waals surface area contributed by atoms with Gasteiger partial charge in [-0.3, -0.25) is 4.68 Å². The summed E-state index contributed by atoms with van der Waals surface area (Å²) in [7, 11) is 1.93. The van der Waals surface area contributed by atoms with Gasteiger partial charge in [0.25, 0.3) is 0 Å². The molecule has 1 N–H and O–H groups in total. The molecular formula is C16H28N4O2. The summed E-state index contributed by atoms with van der Waals surface area (Å²) in [4.78, 5) is 14.2. The van der Waals surface area contributed by atoms with Gasteiger partial charge in [0.1, 0.15) is 5.60 Å². The van der Waals surface area contributed by atoms with Crippen LogP contribution in [0.3, 0.4) is 0 Å². The average molecular weight is 308 g/mol. The fraction of sp³-hybridized carbons (Fsp3) is 0.750. The third-order valence-electron chi connectivity index (χ3n) is 4.03. The van der Waals surface area contributed by atoms with Gasteiger partial charge in [-0.05, 0) is 46.6 Å². The lowest BCUT2D eigenvalue weighted by Gasteiger charge is -2.32. The molecule has 124 valence electrons. The van der Waals surface area contributed by atoms with E-state index in [2.05, 4.69) is 17.3 Å². The van der Waals surface area contributed by atoms with Crippen molar-refractivity contribution in [1.82, 2.24) is 20.0 Å². The first-order chi connectivity index (χ1) is 10.3. The van der Waals surface area contributed by atoms with Gasteiger partial charge in [-0.1, -0.05) is 0 Å². The van der Waals surface area contributed by atoms with Gasteiger partial charge < -0.3 is 15.0 Å². The molecule has 1 aliphatic rings. The normalized spacial score (nSPS) is 20.2. The maximum Gasteiger partial charge on any atom is 0.410 e. The first-order valence-electron chi connectivity index (χ1n) is 7.98. The largest absolute Gasteiger partial charge is 0.444 e. The topological polar surface area (TPSA) is 59.4 Å². The lowest BCUT2D eigenvalue weighted by Crippen LogP contribution is -2.48. The van der Waals surface area contributed by atoms with Gasteiger partial charge in [0.2, 0.25) is 0 Å². The molecule has 2 heterocycles. The zero-order valence-electron chi connectivity index (χ0n) is 14.3. The zero-order valence-corrected chi connectivity index (χ0v) is 14.3. The van der Waals surface area contributed by atoms with E-state index in [1.165, 1.54) is 0 Å². The number of likely N-dealkylation sites (tertiary alicyclic amines) is 1. The predicted octanol–water partition coefficient (Wildman–Crippen LogP) is 2.30. The van der Waals surface area contributed by atoms with Crippen LogP contribution < -0.4 is 5.32 Å². The van der Waals surface area contributed by atoms with Crippen LogP contribution in [-0.4, -0.2) is 45.0 Å². The van der Waals surface area contributed by atoms with Gasteiger partial charge in [-0.15, -0.1) is 0 Å². The Kier molecular flexibility index (Phi) is 5.11. The number of carbonyl (C=O) groups excluding carboxylic acids is 1. The molecule has 1 amide bonds. The Morgan fingerprint density at radius 2 is 2.27 bits per heavy atom. The molecule has 2 rings (SSSR count). The number of hydrogen-bond donors (Lipinski definition) is 1. The molecule has 0 bridgehead atoms. The van der Waals surface area contributed by atoms with E-state index in [1.54, 1.807) is 6.20 Å². The van der Waals surface area contributed by atoms with Crippen molar-refractivity contribution in [2.75, 3.05) is 6.54 Å². The van der Waals surface area contributed by atoms with E-state index in [0.717, 1.165) is 31.6 Å². The summed E-state index contributed by atoms with van der Waals surface area (Å²) in [5.74, 6) is 0. The summed E-state index contributed by atoms with van der Waals surface area (Å²) < 4.78 is 7.38. The first kappa shape index (κ1) is 16.8. The Morgan fingerprint density at radius 3 is 2.86 bits per heavy atom. The van der Waals surface area contributed by atoms with E-state index in [4.69, 9.17) is 4.74 Å². The molecule has 0 unspecified atom stereocenters. The molecule has 0 spiro atoms. The van der Waals surface area contributed by atoms with Crippen LogP contribution in [0.15, 0.2) is 12.3 Å². The van der Waals surface area contributed by atoms with Gasteiger partial charge in [-0.2, -0.15) is 5.10 Å². The third kappa shape index (κ3) is 4.22. The van der Waals surface area contributed by atoms with Gasteiger partial charge in [0, 0.05) is 32.4 Å². The summed E-state index contributed by atoms with van der Waals surface area (Å²) in [5, 5.41) is 7.67. The summed E-state index contributed by atoms with van der Waals surface area (Å²) in [6, 6.07) is 2.40. The summed E-state index contributed by atoms with van der Waals surface area (Å²) in [5.41, 5.74) is 0.684. The van der Waals surface area contributed by atoms with E-state index >= 15 is 0 Å². The molecule has 1 aromatic rings. The van der Waals surface area contributed by atoms with Crippen LogP contribution in [-0.2, 0) is 18.3 Å². The van der Waals surface area contributed by atoms with Crippen LogP contribution in [0.4, 0.5) is 4.79 Å². The Morgan fingerprint density at radius 1 is 1.55 bits per heavy atom. The lowest BCUT2D eigenvalue weighted by atomic mass is 10.1. The van der Waals surface area contributed by atoms with E-state index in [9.17, 15) is 4.79 Å². The Labute approximate surface area is 132 Å². The third-order valence-corrected chi connectivity index (χ3v) is 4.03. The standard InChI is InChI=1S/C16H28N4O2/c1-12(17-11-13-8-9-18-19(13)5)14-7-6-10-20(14)15(21)22-16(2,3)4/h8-9,12,14,17H,6-7,10-11H2,1-5H3/t12-,14-/m1/s1. The van der Waals surface area contributed by atoms with Crippen molar-refractivity contribution in [1.29, 1.82) is 0 Å². The number of nitrogens with zero attached hydrogens (tertiary/aromatic N) is 3. The molecule has 1 saturated heterocycles. The molecule has 1 aromatic heterocycles. The van der Waals surface area contributed by atoms with Gasteiger partial charge in [0.05, 0.1) is 11.7 Å². The minimum Gasteiger partial charge on any atom is -0.444 e. The maximum atomic E-state index is 12.3. The molecule has 6 heteroatoms. The number of rotatable bonds is 4. The van der Waals surface area contributed by atoms with Gasteiger partial charge in [-0.25, -0.2) is 4.79 Å². The zero-order chi connectivity index (χ0) is 16.3. The van der Waals surface area contributed by atoms with E-state index in [0.29, 0.717) is 0 Å². The second-order valence-corrected chi connectivity index (χ2v) is 7.00. The highest BCUT2D eigenvalue weighted by Crippen LogP contribution is 2.23. The van der Waals surface area contributed by atoms with Crippen molar-refractivity contribution in [2.45, 2.75) is 64.8 Å². The predicted molar refractivity (Wildman–Crippen MR) is 85.5 cm³/mol. The van der Waals surface area contributed by atoms with Gasteiger partial charge >= 0.3 is 6.09 Å². The van der Waals surface area contributed by atoms with Crippen LogP contribution in [0.1, 0.15) is 46.2 Å². The van der Waals surface area contributed by atoms with Crippen molar-refractivity contribution in [3.8, 4) is 0 Å². The van der Waals surface area contributed by atoms with Crippen molar-refractivity contribution >= 4 is 6.09 Å². The molecule has 0 saturated carbocycles. The van der Waals surface area contributed by atoms with E-state index < -0.39 is 5.60 Å². The SMILES string of the molecule is C[C@@H](NCc1ccnn1C)[C@H]1CCCN1C(=O)OC(C)(C)C. The quantitative estimate of drug-likeness (QED) is 0.927. The lowest BCUT2D eigenvalue weighted by molar-refractivity contribution is 0.0200. The Bertz CT molecular complexity index is 506. The molecule has 22 heavy (non-hydrogen) atoms. The molecule has 0 aromatic carbocycles. The number of hydrogen-bond acceptors (Lipinski definition) is 4. The number of nitrogens with one attached hydrogen (secondary N) is 1. The Balaban J connectivity index is 1.92. The van der Waals surface area contributed by atoms with Crippen molar-refractivity contribution in [2.24, 2.45) is 7.05 Å². The van der Waals surface area contributed by atoms with Crippen molar-refractivity contribution in [3.05, 3.63) is 18.0 Å². The number of ether oxygens (including phenoxy) is 1. The highest BCUT2D eigenvalue weighted by molar-refractivity contribution is 5.69. The number of aromatic nitrogens is 2. The minimum absolute atomic E-state index is 0.183. The summed E-state index contributed by atoms with van der Waals surface area (Å²) in [6.45, 7) is 9.36. The molecule has 6 nitrogen and oxygen atoms in total. The van der Waals surface area contributed by atoms with E-state index in [1.807, 2.05) is 43.5 Å². The Hall–Kier alpha value is -1.56. The highest BCUT2D eigenvalue weighted by Gasteiger charge is 2.35. The van der Waals surface area contributed by atoms with Crippen LogP contribution in [0.2, 0.25) is 0 Å². The summed E-state index contributed by atoms with van der Waals surface area (Å²) >= 11 is 0. The minimum atomic E-state index is -0.449. The highest BCUT2D eigenvalue weighted by atomic mass is 16.6. The van der Waals surface area contributed by atoms with Crippen molar-refractivity contribution in [3.63, 3.8) is 0 Å². The second kappa shape index (κ2) is 6.69. The van der Waals surface area contributed by atoms with Crippen LogP contribution in [0.25, 0.3) is 0 Å². The fourth-order valence-corrected chi connectivity index (χ4v) is 2.84. The average Bonchev–Trinajstić information content (AvgIpc) is 3.02. The molecular weight excluding hydrogens is 280 g/mol. The van der Waals surface area contributed by atoms with Gasteiger partial charge in [0.15, 0.2) is 0 Å². The van der Waals surface area contributed by atoms with E-state index in [-0.39, 0.29) is 18.2 Å². The molecule has 1 aliphatic heterocycles. The van der Waals surface area contributed by atoms with Crippen LogP contribution in [0, 0.1) is 0 Å². The first-order valence-corrected chi connectivity index (χ1v) is 7.98. The van der Waals surface area contributed by atoms with Crippen LogP contribution in [0.5, 0.6) is 0 Å². The van der Waals surface area contributed by atoms with Crippen molar-refractivity contribution < 1.29 is 9.53 Å². The van der Waals surface area contributed by atoms with Crippen LogP contribution >= 0.6 is 0 Å². The smallest absolute Gasteiger partial charge is 0.410 e. The number of amides is 1. The monoisotopic (exact) mass is 308 g/mol. The molecule has 1 fully saturated rings. The fourth-order valence-electron chi connectivity index (χ4n) is 2.84. The summed E-state index contributed by atoms with van der Waals surface area (Å²) in [6.07, 6.45) is 3.63. The number of carbonyl (C=O) groups is 1. The maximum absolute atomic E-state index is 12.3. The molecule has 0 radical (unpaired) electrons. The number of aryl methyl sites for hydroxylation is 1. The molecule has 0 aliphatic carbocycles. The second-order valence-electron chi connectivity index (χ2n) is 7.00.